The lowest BCUT2D eigenvalue weighted by Crippen LogP contribution is -2.05. The van der Waals surface area contributed by atoms with Gasteiger partial charge in [-0.05, 0) is 28.1 Å². The van der Waals surface area contributed by atoms with Crippen molar-refractivity contribution in [3.8, 4) is 11.4 Å². The molecule has 0 unspecified atom stereocenters. The van der Waals surface area contributed by atoms with Crippen molar-refractivity contribution in [1.82, 2.24) is 20.0 Å². The number of hydrogen-bond acceptors (Lipinski definition) is 4. The highest BCUT2D eigenvalue weighted by molar-refractivity contribution is 9.10. The van der Waals surface area contributed by atoms with E-state index in [0.29, 0.717) is 6.54 Å². The van der Waals surface area contributed by atoms with Gasteiger partial charge in [-0.3, -0.25) is 9.67 Å². The summed E-state index contributed by atoms with van der Waals surface area (Å²) < 4.78 is 2.60. The van der Waals surface area contributed by atoms with E-state index in [-0.39, 0.29) is 0 Å². The number of pyridine rings is 1. The predicted octanol–water partition coefficient (Wildman–Crippen LogP) is 1.10. The van der Waals surface area contributed by atoms with Crippen LogP contribution in [0.15, 0.2) is 22.8 Å². The molecule has 0 spiro atoms. The Hall–Kier alpha value is -1.27. The Kier molecular flexibility index (Phi) is 2.79. The Morgan fingerprint density at radius 3 is 2.87 bits per heavy atom. The first-order chi connectivity index (χ1) is 7.22. The van der Waals surface area contributed by atoms with Crippen LogP contribution >= 0.6 is 15.9 Å². The van der Waals surface area contributed by atoms with Crippen LogP contribution in [0, 0.1) is 0 Å². The molecule has 15 heavy (non-hydrogen) atoms. The van der Waals surface area contributed by atoms with Gasteiger partial charge in [0, 0.05) is 24.3 Å². The van der Waals surface area contributed by atoms with Crippen LogP contribution < -0.4 is 5.73 Å². The van der Waals surface area contributed by atoms with Crippen LogP contribution in [0.3, 0.4) is 0 Å². The largest absolute Gasteiger partial charge is 0.325 e. The van der Waals surface area contributed by atoms with Crippen molar-refractivity contribution in [2.75, 3.05) is 0 Å². The second-order valence-electron chi connectivity index (χ2n) is 3.07. The molecule has 5 nitrogen and oxygen atoms in total. The SMILES string of the molecule is Cn1nnc(-c2ccc(Br)cn2)c1CN. The van der Waals surface area contributed by atoms with Gasteiger partial charge in [-0.1, -0.05) is 5.21 Å². The standard InChI is InChI=1S/C9H10BrN5/c1-15-8(4-11)9(13-14-15)7-3-2-6(10)5-12-7/h2-3,5H,4,11H2,1H3. The molecular weight excluding hydrogens is 258 g/mol. The third kappa shape index (κ3) is 1.91. The van der Waals surface area contributed by atoms with Gasteiger partial charge in [0.2, 0.25) is 0 Å². The average molecular weight is 268 g/mol. The van der Waals surface area contributed by atoms with Crippen LogP contribution in [0.5, 0.6) is 0 Å². The molecule has 6 heteroatoms. The number of aromatic nitrogens is 4. The quantitative estimate of drug-likeness (QED) is 0.885. The zero-order valence-corrected chi connectivity index (χ0v) is 9.77. The molecule has 0 aliphatic rings. The summed E-state index contributed by atoms with van der Waals surface area (Å²) in [7, 11) is 1.82. The van der Waals surface area contributed by atoms with E-state index in [0.717, 1.165) is 21.6 Å². The topological polar surface area (TPSA) is 69.6 Å². The van der Waals surface area contributed by atoms with Crippen LogP contribution in [0.4, 0.5) is 0 Å². The summed E-state index contributed by atoms with van der Waals surface area (Å²) in [6.07, 6.45) is 1.73. The number of nitrogens with two attached hydrogens (primary N) is 1. The summed E-state index contributed by atoms with van der Waals surface area (Å²) in [5, 5.41) is 7.96. The average Bonchev–Trinajstić information content (AvgIpc) is 2.61. The molecule has 2 N–H and O–H groups in total. The number of hydrogen-bond donors (Lipinski definition) is 1. The van der Waals surface area contributed by atoms with E-state index in [1.54, 1.807) is 10.9 Å². The van der Waals surface area contributed by atoms with Gasteiger partial charge in [0.05, 0.1) is 11.4 Å². The smallest absolute Gasteiger partial charge is 0.135 e. The molecule has 2 aromatic rings. The maximum Gasteiger partial charge on any atom is 0.135 e. The molecule has 0 aliphatic carbocycles. The maximum absolute atomic E-state index is 5.63. The third-order valence-electron chi connectivity index (χ3n) is 2.11. The molecule has 0 bridgehead atoms. The van der Waals surface area contributed by atoms with Gasteiger partial charge in [-0.15, -0.1) is 5.10 Å². The number of aryl methyl sites for hydroxylation is 1. The molecule has 0 aliphatic heterocycles. The highest BCUT2D eigenvalue weighted by atomic mass is 79.9. The van der Waals surface area contributed by atoms with Crippen LogP contribution in [0.25, 0.3) is 11.4 Å². The molecule has 0 radical (unpaired) electrons. The molecule has 2 aromatic heterocycles. The first kappa shape index (κ1) is 10.3. The fourth-order valence-electron chi connectivity index (χ4n) is 1.32. The van der Waals surface area contributed by atoms with Crippen LogP contribution in [0.1, 0.15) is 5.69 Å². The first-order valence-corrected chi connectivity index (χ1v) is 5.22. The van der Waals surface area contributed by atoms with E-state index in [4.69, 9.17) is 5.73 Å². The Morgan fingerprint density at radius 1 is 1.47 bits per heavy atom. The van der Waals surface area contributed by atoms with Gasteiger partial charge in [0.1, 0.15) is 5.69 Å². The van der Waals surface area contributed by atoms with E-state index < -0.39 is 0 Å². The van der Waals surface area contributed by atoms with Gasteiger partial charge < -0.3 is 5.73 Å². The molecule has 0 aromatic carbocycles. The highest BCUT2D eigenvalue weighted by Gasteiger charge is 2.11. The van der Waals surface area contributed by atoms with Gasteiger partial charge in [0.25, 0.3) is 0 Å². The number of halogens is 1. The van der Waals surface area contributed by atoms with Crippen molar-refractivity contribution in [3.63, 3.8) is 0 Å². The van der Waals surface area contributed by atoms with E-state index in [9.17, 15) is 0 Å². The summed E-state index contributed by atoms with van der Waals surface area (Å²) in [6.45, 7) is 0.399. The van der Waals surface area contributed by atoms with Crippen LogP contribution in [0.2, 0.25) is 0 Å². The Labute approximate surface area is 95.4 Å². The number of rotatable bonds is 2. The normalized spacial score (nSPS) is 10.6. The fourth-order valence-corrected chi connectivity index (χ4v) is 1.56. The second-order valence-corrected chi connectivity index (χ2v) is 3.99. The monoisotopic (exact) mass is 267 g/mol. The molecule has 0 saturated heterocycles. The van der Waals surface area contributed by atoms with E-state index in [1.165, 1.54) is 0 Å². The lowest BCUT2D eigenvalue weighted by atomic mass is 10.2. The fraction of sp³-hybridized carbons (Fsp3) is 0.222. The van der Waals surface area contributed by atoms with E-state index in [2.05, 4.69) is 31.2 Å². The van der Waals surface area contributed by atoms with Crippen molar-refractivity contribution in [2.24, 2.45) is 12.8 Å². The first-order valence-electron chi connectivity index (χ1n) is 4.43. The van der Waals surface area contributed by atoms with E-state index in [1.807, 2.05) is 19.2 Å². The summed E-state index contributed by atoms with van der Waals surface area (Å²) in [6, 6.07) is 3.80. The van der Waals surface area contributed by atoms with Crippen molar-refractivity contribution in [1.29, 1.82) is 0 Å². The van der Waals surface area contributed by atoms with Crippen molar-refractivity contribution in [2.45, 2.75) is 6.54 Å². The molecule has 0 atom stereocenters. The van der Waals surface area contributed by atoms with Gasteiger partial charge in [-0.2, -0.15) is 0 Å². The summed E-state index contributed by atoms with van der Waals surface area (Å²) >= 11 is 3.33. The lowest BCUT2D eigenvalue weighted by molar-refractivity contribution is 0.678. The molecule has 0 fully saturated rings. The maximum atomic E-state index is 5.63. The summed E-state index contributed by atoms with van der Waals surface area (Å²) in [4.78, 5) is 4.25. The van der Waals surface area contributed by atoms with Gasteiger partial charge >= 0.3 is 0 Å². The zero-order valence-electron chi connectivity index (χ0n) is 8.18. The van der Waals surface area contributed by atoms with Crippen molar-refractivity contribution < 1.29 is 0 Å². The minimum Gasteiger partial charge on any atom is -0.325 e. The van der Waals surface area contributed by atoms with Crippen molar-refractivity contribution in [3.05, 3.63) is 28.5 Å². The molecule has 2 rings (SSSR count). The molecular formula is C9H10BrN5. The lowest BCUT2D eigenvalue weighted by Gasteiger charge is -2.00. The molecule has 2 heterocycles. The van der Waals surface area contributed by atoms with Crippen LogP contribution in [-0.4, -0.2) is 20.0 Å². The molecule has 0 saturated carbocycles. The molecule has 78 valence electrons. The minimum absolute atomic E-state index is 0.399. The molecule has 0 amide bonds. The Bertz CT molecular complexity index is 462. The van der Waals surface area contributed by atoms with Gasteiger partial charge in [-0.25, -0.2) is 0 Å². The summed E-state index contributed by atoms with van der Waals surface area (Å²) in [5.41, 5.74) is 8.03. The zero-order chi connectivity index (χ0) is 10.8. The summed E-state index contributed by atoms with van der Waals surface area (Å²) in [5.74, 6) is 0. The highest BCUT2D eigenvalue weighted by Crippen LogP contribution is 2.19. The third-order valence-corrected chi connectivity index (χ3v) is 2.58. The Morgan fingerprint density at radius 2 is 2.27 bits per heavy atom. The minimum atomic E-state index is 0.399. The predicted molar refractivity (Wildman–Crippen MR) is 59.8 cm³/mol. The van der Waals surface area contributed by atoms with Crippen molar-refractivity contribution >= 4 is 15.9 Å². The van der Waals surface area contributed by atoms with Gasteiger partial charge in [0.15, 0.2) is 0 Å². The second kappa shape index (κ2) is 4.08. The number of nitrogens with zero attached hydrogens (tertiary/aromatic N) is 4. The Balaban J connectivity index is 2.49. The van der Waals surface area contributed by atoms with Crippen LogP contribution in [-0.2, 0) is 13.6 Å². The van der Waals surface area contributed by atoms with E-state index >= 15 is 0 Å².